The molecule has 0 radical (unpaired) electrons. The maximum atomic E-state index is 12.8. The highest BCUT2D eigenvalue weighted by molar-refractivity contribution is 6.42. The summed E-state index contributed by atoms with van der Waals surface area (Å²) in [7, 11) is 1.48. The topological polar surface area (TPSA) is 66.8 Å². The van der Waals surface area contributed by atoms with Gasteiger partial charge in [0.05, 0.1) is 22.6 Å². The fourth-order valence-electron chi connectivity index (χ4n) is 3.15. The fraction of sp³-hybridized carbons (Fsp3) is 0.529. The van der Waals surface area contributed by atoms with E-state index in [1.165, 1.54) is 7.11 Å². The number of halogens is 2. The Morgan fingerprint density at radius 1 is 1.38 bits per heavy atom. The molecule has 1 aliphatic heterocycles. The summed E-state index contributed by atoms with van der Waals surface area (Å²) >= 11 is 11.9. The number of nitrogens with zero attached hydrogens (tertiary/aromatic N) is 1. The summed E-state index contributed by atoms with van der Waals surface area (Å²) in [6.07, 6.45) is 1.14. The van der Waals surface area contributed by atoms with Crippen molar-refractivity contribution in [3.05, 3.63) is 33.8 Å². The third kappa shape index (κ3) is 3.85. The van der Waals surface area contributed by atoms with Crippen molar-refractivity contribution in [2.45, 2.75) is 25.7 Å². The third-order valence-electron chi connectivity index (χ3n) is 4.58. The van der Waals surface area contributed by atoms with E-state index in [1.807, 2.05) is 0 Å². The number of aliphatic carboxylic acids is 1. The number of likely N-dealkylation sites (tertiary alicyclic amines) is 1. The van der Waals surface area contributed by atoms with Crippen molar-refractivity contribution in [2.75, 3.05) is 26.8 Å². The lowest BCUT2D eigenvalue weighted by Gasteiger charge is -2.40. The second kappa shape index (κ2) is 7.72. The van der Waals surface area contributed by atoms with E-state index in [2.05, 4.69) is 0 Å². The molecule has 1 N–H and O–H groups in total. The molecule has 1 aromatic rings. The first-order valence-electron chi connectivity index (χ1n) is 7.77. The minimum absolute atomic E-state index is 0.0905. The van der Waals surface area contributed by atoms with Crippen LogP contribution in [-0.4, -0.2) is 48.7 Å². The van der Waals surface area contributed by atoms with Gasteiger partial charge >= 0.3 is 5.97 Å². The molecule has 2 rings (SSSR count). The van der Waals surface area contributed by atoms with E-state index in [9.17, 15) is 14.7 Å². The number of ether oxygens (including phenoxy) is 1. The van der Waals surface area contributed by atoms with Crippen LogP contribution >= 0.6 is 23.2 Å². The Labute approximate surface area is 151 Å². The Morgan fingerprint density at radius 2 is 2.08 bits per heavy atom. The summed E-state index contributed by atoms with van der Waals surface area (Å²) in [6, 6.07) is 5.10. The molecule has 2 unspecified atom stereocenters. The molecule has 0 saturated carbocycles. The SMILES string of the molecule is COCC1(C(=O)O)CCCN(C(=O)C(C)c2ccc(Cl)c(Cl)c2)C1. The molecule has 0 aromatic heterocycles. The van der Waals surface area contributed by atoms with Gasteiger partial charge in [-0.05, 0) is 37.5 Å². The van der Waals surface area contributed by atoms with Crippen LogP contribution in [-0.2, 0) is 14.3 Å². The first-order chi connectivity index (χ1) is 11.3. The molecule has 0 spiro atoms. The van der Waals surface area contributed by atoms with Gasteiger partial charge in [-0.15, -0.1) is 0 Å². The average molecular weight is 374 g/mol. The van der Waals surface area contributed by atoms with Gasteiger partial charge in [0, 0.05) is 20.2 Å². The summed E-state index contributed by atoms with van der Waals surface area (Å²) in [4.78, 5) is 26.1. The Bertz CT molecular complexity index is 633. The van der Waals surface area contributed by atoms with E-state index in [0.717, 1.165) is 5.56 Å². The molecule has 1 heterocycles. The van der Waals surface area contributed by atoms with Gasteiger partial charge < -0.3 is 14.7 Å². The lowest BCUT2D eigenvalue weighted by atomic mass is 9.80. The number of benzene rings is 1. The van der Waals surface area contributed by atoms with Crippen molar-refractivity contribution >= 4 is 35.1 Å². The average Bonchev–Trinajstić information content (AvgIpc) is 2.56. The van der Waals surface area contributed by atoms with Gasteiger partial charge in [-0.25, -0.2) is 0 Å². The molecule has 1 amide bonds. The van der Waals surface area contributed by atoms with E-state index in [1.54, 1.807) is 30.0 Å². The number of carbonyl (C=O) groups excluding carboxylic acids is 1. The lowest BCUT2D eigenvalue weighted by Crippen LogP contribution is -2.52. The van der Waals surface area contributed by atoms with Crippen molar-refractivity contribution in [2.24, 2.45) is 5.41 Å². The van der Waals surface area contributed by atoms with Gasteiger partial charge in [0.2, 0.25) is 5.91 Å². The lowest BCUT2D eigenvalue weighted by molar-refractivity contribution is -0.159. The Kier molecular flexibility index (Phi) is 6.12. The summed E-state index contributed by atoms with van der Waals surface area (Å²) in [5, 5.41) is 10.4. The van der Waals surface area contributed by atoms with Gasteiger partial charge in [-0.1, -0.05) is 29.3 Å². The quantitative estimate of drug-likeness (QED) is 0.858. The maximum Gasteiger partial charge on any atom is 0.313 e. The number of amides is 1. The number of carbonyl (C=O) groups is 2. The number of methoxy groups -OCH3 is 1. The van der Waals surface area contributed by atoms with E-state index in [4.69, 9.17) is 27.9 Å². The van der Waals surface area contributed by atoms with Crippen LogP contribution in [0.25, 0.3) is 0 Å². The summed E-state index contributed by atoms with van der Waals surface area (Å²) in [5.74, 6) is -1.47. The highest BCUT2D eigenvalue weighted by Gasteiger charge is 2.44. The zero-order valence-corrected chi connectivity index (χ0v) is 15.2. The predicted octanol–water partition coefficient (Wildman–Crippen LogP) is 3.44. The Balaban J connectivity index is 2.18. The molecule has 7 heteroatoms. The van der Waals surface area contributed by atoms with Crippen molar-refractivity contribution in [1.82, 2.24) is 4.90 Å². The second-order valence-corrected chi connectivity index (χ2v) is 7.09. The van der Waals surface area contributed by atoms with Gasteiger partial charge in [-0.2, -0.15) is 0 Å². The molecule has 0 bridgehead atoms. The summed E-state index contributed by atoms with van der Waals surface area (Å²) in [5.41, 5.74) is -0.285. The second-order valence-electron chi connectivity index (χ2n) is 6.28. The molecular weight excluding hydrogens is 353 g/mol. The van der Waals surface area contributed by atoms with Crippen LogP contribution < -0.4 is 0 Å². The largest absolute Gasteiger partial charge is 0.481 e. The summed E-state index contributed by atoms with van der Waals surface area (Å²) < 4.78 is 5.10. The van der Waals surface area contributed by atoms with Crippen LogP contribution in [0.4, 0.5) is 0 Å². The first-order valence-corrected chi connectivity index (χ1v) is 8.52. The van der Waals surface area contributed by atoms with Crippen LogP contribution in [0, 0.1) is 5.41 Å². The highest BCUT2D eigenvalue weighted by atomic mass is 35.5. The van der Waals surface area contributed by atoms with Crippen LogP contribution in [0.2, 0.25) is 10.0 Å². The van der Waals surface area contributed by atoms with Crippen molar-refractivity contribution < 1.29 is 19.4 Å². The predicted molar refractivity (Wildman–Crippen MR) is 92.6 cm³/mol. The Hall–Kier alpha value is -1.30. The zero-order chi connectivity index (χ0) is 17.9. The highest BCUT2D eigenvalue weighted by Crippen LogP contribution is 2.33. The standard InChI is InChI=1S/C17H21Cl2NO4/c1-11(12-4-5-13(18)14(19)8-12)15(21)20-7-3-6-17(9-20,10-24-2)16(22)23/h4-5,8,11H,3,6-7,9-10H2,1-2H3,(H,22,23). The van der Waals surface area contributed by atoms with Gasteiger partial charge in [0.25, 0.3) is 0 Å². The number of hydrogen-bond acceptors (Lipinski definition) is 3. The smallest absolute Gasteiger partial charge is 0.313 e. The minimum atomic E-state index is -1.04. The first kappa shape index (κ1) is 19.0. The minimum Gasteiger partial charge on any atom is -0.481 e. The van der Waals surface area contributed by atoms with Crippen molar-refractivity contribution in [1.29, 1.82) is 0 Å². The monoisotopic (exact) mass is 373 g/mol. The number of hydrogen-bond donors (Lipinski definition) is 1. The Morgan fingerprint density at radius 3 is 2.67 bits per heavy atom. The maximum absolute atomic E-state index is 12.8. The number of carboxylic acid groups (broad SMARTS) is 1. The van der Waals surface area contributed by atoms with E-state index in [0.29, 0.717) is 29.4 Å². The van der Waals surface area contributed by atoms with Crippen LogP contribution in [0.5, 0.6) is 0 Å². The molecule has 132 valence electrons. The van der Waals surface area contributed by atoms with Crippen LogP contribution in [0.1, 0.15) is 31.2 Å². The van der Waals surface area contributed by atoms with Crippen LogP contribution in [0.3, 0.4) is 0 Å². The zero-order valence-electron chi connectivity index (χ0n) is 13.7. The van der Waals surface area contributed by atoms with Crippen LogP contribution in [0.15, 0.2) is 18.2 Å². The van der Waals surface area contributed by atoms with Crippen molar-refractivity contribution in [3.63, 3.8) is 0 Å². The molecule has 0 aliphatic carbocycles. The number of piperidine rings is 1. The van der Waals surface area contributed by atoms with Gasteiger partial charge in [0.1, 0.15) is 5.41 Å². The van der Waals surface area contributed by atoms with E-state index in [-0.39, 0.29) is 19.1 Å². The molecule has 1 fully saturated rings. The molecule has 1 saturated heterocycles. The normalized spacial score (nSPS) is 22.2. The molecule has 24 heavy (non-hydrogen) atoms. The van der Waals surface area contributed by atoms with Gasteiger partial charge in [-0.3, -0.25) is 9.59 Å². The number of rotatable bonds is 5. The molecule has 5 nitrogen and oxygen atoms in total. The van der Waals surface area contributed by atoms with E-state index >= 15 is 0 Å². The molecule has 2 atom stereocenters. The van der Waals surface area contributed by atoms with Gasteiger partial charge in [0.15, 0.2) is 0 Å². The molecule has 1 aromatic carbocycles. The van der Waals surface area contributed by atoms with E-state index < -0.39 is 17.3 Å². The third-order valence-corrected chi connectivity index (χ3v) is 5.32. The molecular formula is C17H21Cl2NO4. The van der Waals surface area contributed by atoms with Crippen molar-refractivity contribution in [3.8, 4) is 0 Å². The fourth-order valence-corrected chi connectivity index (χ4v) is 3.45. The molecule has 1 aliphatic rings. The number of carboxylic acids is 1. The summed E-state index contributed by atoms with van der Waals surface area (Å²) in [6.45, 7) is 2.58.